The van der Waals surface area contributed by atoms with E-state index >= 15 is 0 Å². The van der Waals surface area contributed by atoms with Crippen LogP contribution in [-0.4, -0.2) is 0 Å². The van der Waals surface area contributed by atoms with Gasteiger partial charge in [0.05, 0.1) is 5.02 Å². The van der Waals surface area contributed by atoms with Crippen molar-refractivity contribution < 1.29 is 4.39 Å². The number of hydrogen-bond donors (Lipinski definition) is 1. The highest BCUT2D eigenvalue weighted by molar-refractivity contribution is 7.99. The third-order valence-electron chi connectivity index (χ3n) is 2.36. The third-order valence-corrected chi connectivity index (χ3v) is 4.21. The minimum absolute atomic E-state index is 0.276. The average molecular weight is 302 g/mol. The minimum Gasteiger partial charge on any atom is -0.326 e. The summed E-state index contributed by atoms with van der Waals surface area (Å²) in [6, 6.07) is 9.76. The van der Waals surface area contributed by atoms with Gasteiger partial charge in [0.25, 0.3) is 0 Å². The predicted molar refractivity (Wildman–Crippen MR) is 74.9 cm³/mol. The Kier molecular flexibility index (Phi) is 4.51. The molecule has 5 heteroatoms. The molecule has 0 heterocycles. The first-order valence-electron chi connectivity index (χ1n) is 5.21. The van der Waals surface area contributed by atoms with Crippen molar-refractivity contribution in [3.63, 3.8) is 0 Å². The summed E-state index contributed by atoms with van der Waals surface area (Å²) in [5.41, 5.74) is 6.35. The number of hydrogen-bond acceptors (Lipinski definition) is 2. The van der Waals surface area contributed by atoms with E-state index in [1.54, 1.807) is 24.3 Å². The lowest BCUT2D eigenvalue weighted by atomic mass is 10.2. The molecule has 0 spiro atoms. The maximum absolute atomic E-state index is 13.1. The minimum atomic E-state index is -0.294. The first-order chi connectivity index (χ1) is 8.60. The Labute approximate surface area is 119 Å². The number of nitrogens with two attached hydrogens (primary N) is 1. The summed E-state index contributed by atoms with van der Waals surface area (Å²) in [4.78, 5) is 1.70. The van der Waals surface area contributed by atoms with Gasteiger partial charge < -0.3 is 5.73 Å². The highest BCUT2D eigenvalue weighted by Crippen LogP contribution is 2.36. The molecule has 2 rings (SSSR count). The van der Waals surface area contributed by atoms with Crippen LogP contribution in [0.2, 0.25) is 10.0 Å². The van der Waals surface area contributed by atoms with Crippen molar-refractivity contribution in [1.82, 2.24) is 0 Å². The smallest absolute Gasteiger partial charge is 0.123 e. The van der Waals surface area contributed by atoms with E-state index < -0.39 is 0 Å². The molecule has 0 saturated carbocycles. The van der Waals surface area contributed by atoms with Crippen LogP contribution in [0.3, 0.4) is 0 Å². The van der Waals surface area contributed by atoms with Gasteiger partial charge in [-0.2, -0.15) is 0 Å². The maximum Gasteiger partial charge on any atom is 0.123 e. The molecule has 2 aromatic carbocycles. The van der Waals surface area contributed by atoms with Gasteiger partial charge in [-0.05, 0) is 42.0 Å². The van der Waals surface area contributed by atoms with Crippen LogP contribution in [0, 0.1) is 5.82 Å². The summed E-state index contributed by atoms with van der Waals surface area (Å²) in [6.45, 7) is 0.276. The lowest BCUT2D eigenvalue weighted by Gasteiger charge is -2.09. The highest BCUT2D eigenvalue weighted by Gasteiger charge is 2.08. The van der Waals surface area contributed by atoms with E-state index in [0.717, 1.165) is 15.4 Å². The molecule has 0 aliphatic heterocycles. The molecule has 0 aliphatic carbocycles. The summed E-state index contributed by atoms with van der Waals surface area (Å²) >= 11 is 13.4. The summed E-state index contributed by atoms with van der Waals surface area (Å²) in [6.07, 6.45) is 0. The standard InChI is InChI=1S/C13H10Cl2FNS/c14-9-1-3-11(15)13(6-9)18-12-4-2-10(16)5-8(12)7-17/h1-6H,7,17H2. The van der Waals surface area contributed by atoms with Crippen LogP contribution in [0.15, 0.2) is 46.2 Å². The Morgan fingerprint density at radius 2 is 1.83 bits per heavy atom. The van der Waals surface area contributed by atoms with Gasteiger partial charge in [0.15, 0.2) is 0 Å². The van der Waals surface area contributed by atoms with E-state index in [0.29, 0.717) is 10.0 Å². The molecule has 0 unspecified atom stereocenters. The predicted octanol–water partition coefficient (Wildman–Crippen LogP) is 4.74. The summed E-state index contributed by atoms with van der Waals surface area (Å²) in [7, 11) is 0. The van der Waals surface area contributed by atoms with Crippen molar-refractivity contribution in [2.75, 3.05) is 0 Å². The van der Waals surface area contributed by atoms with E-state index in [1.807, 2.05) is 0 Å². The zero-order valence-electron chi connectivity index (χ0n) is 9.29. The molecule has 2 N–H and O–H groups in total. The van der Waals surface area contributed by atoms with Crippen LogP contribution in [0.4, 0.5) is 4.39 Å². The molecule has 0 aliphatic rings. The lowest BCUT2D eigenvalue weighted by molar-refractivity contribution is 0.623. The Morgan fingerprint density at radius 1 is 1.06 bits per heavy atom. The van der Waals surface area contributed by atoms with E-state index in [1.165, 1.54) is 23.9 Å². The van der Waals surface area contributed by atoms with Crippen LogP contribution >= 0.6 is 35.0 Å². The molecule has 0 bridgehead atoms. The molecule has 0 radical (unpaired) electrons. The van der Waals surface area contributed by atoms with Crippen molar-refractivity contribution in [2.45, 2.75) is 16.3 Å². The van der Waals surface area contributed by atoms with E-state index in [4.69, 9.17) is 28.9 Å². The highest BCUT2D eigenvalue weighted by atomic mass is 35.5. The topological polar surface area (TPSA) is 26.0 Å². The Morgan fingerprint density at radius 3 is 2.56 bits per heavy atom. The molecule has 0 fully saturated rings. The van der Waals surface area contributed by atoms with Gasteiger partial charge in [0.1, 0.15) is 5.82 Å². The van der Waals surface area contributed by atoms with E-state index in [-0.39, 0.29) is 12.4 Å². The Balaban J connectivity index is 2.36. The molecule has 2 aromatic rings. The van der Waals surface area contributed by atoms with Gasteiger partial charge in [-0.15, -0.1) is 0 Å². The van der Waals surface area contributed by atoms with Crippen LogP contribution in [0.1, 0.15) is 5.56 Å². The maximum atomic E-state index is 13.1. The fourth-order valence-electron chi connectivity index (χ4n) is 1.48. The van der Waals surface area contributed by atoms with Gasteiger partial charge in [0.2, 0.25) is 0 Å². The molecular weight excluding hydrogens is 292 g/mol. The first-order valence-corrected chi connectivity index (χ1v) is 6.79. The Bertz CT molecular complexity index is 575. The fourth-order valence-corrected chi connectivity index (χ4v) is 2.95. The van der Waals surface area contributed by atoms with Gasteiger partial charge in [0, 0.05) is 21.4 Å². The summed E-state index contributed by atoms with van der Waals surface area (Å²) < 4.78 is 13.1. The SMILES string of the molecule is NCc1cc(F)ccc1Sc1cc(Cl)ccc1Cl. The second kappa shape index (κ2) is 5.93. The number of halogens is 3. The molecule has 1 nitrogen and oxygen atoms in total. The zero-order valence-corrected chi connectivity index (χ0v) is 11.6. The van der Waals surface area contributed by atoms with Gasteiger partial charge in [-0.25, -0.2) is 4.39 Å². The second-order valence-corrected chi connectivity index (χ2v) is 5.56. The quantitative estimate of drug-likeness (QED) is 0.886. The third kappa shape index (κ3) is 3.18. The molecule has 0 saturated heterocycles. The van der Waals surface area contributed by atoms with E-state index in [9.17, 15) is 4.39 Å². The van der Waals surface area contributed by atoms with Crippen LogP contribution in [0.5, 0.6) is 0 Å². The van der Waals surface area contributed by atoms with Gasteiger partial charge in [-0.1, -0.05) is 35.0 Å². The summed E-state index contributed by atoms with van der Waals surface area (Å²) in [5.74, 6) is -0.294. The van der Waals surface area contributed by atoms with Crippen LogP contribution in [-0.2, 0) is 6.54 Å². The summed E-state index contributed by atoms with van der Waals surface area (Å²) in [5, 5.41) is 1.22. The van der Waals surface area contributed by atoms with Crippen molar-refractivity contribution >= 4 is 35.0 Å². The van der Waals surface area contributed by atoms with Crippen molar-refractivity contribution in [3.05, 3.63) is 57.8 Å². The van der Waals surface area contributed by atoms with Gasteiger partial charge >= 0.3 is 0 Å². The average Bonchev–Trinajstić information content (AvgIpc) is 2.36. The monoisotopic (exact) mass is 301 g/mol. The fraction of sp³-hybridized carbons (Fsp3) is 0.0769. The largest absolute Gasteiger partial charge is 0.326 e. The van der Waals surface area contributed by atoms with Gasteiger partial charge in [-0.3, -0.25) is 0 Å². The molecule has 0 amide bonds. The number of benzene rings is 2. The first kappa shape index (κ1) is 13.7. The normalized spacial score (nSPS) is 10.7. The van der Waals surface area contributed by atoms with Crippen molar-refractivity contribution in [2.24, 2.45) is 5.73 Å². The zero-order chi connectivity index (χ0) is 13.1. The van der Waals surface area contributed by atoms with Crippen molar-refractivity contribution in [1.29, 1.82) is 0 Å². The molecule has 0 aromatic heterocycles. The molecule has 18 heavy (non-hydrogen) atoms. The molecular formula is C13H10Cl2FNS. The molecule has 94 valence electrons. The van der Waals surface area contributed by atoms with Crippen LogP contribution < -0.4 is 5.73 Å². The van der Waals surface area contributed by atoms with Crippen molar-refractivity contribution in [3.8, 4) is 0 Å². The Hall–Kier alpha value is -0.740. The van der Waals surface area contributed by atoms with E-state index in [2.05, 4.69) is 0 Å². The molecule has 0 atom stereocenters. The number of rotatable bonds is 3. The lowest BCUT2D eigenvalue weighted by Crippen LogP contribution is -1.99. The second-order valence-electron chi connectivity index (χ2n) is 3.63. The van der Waals surface area contributed by atoms with Crippen LogP contribution in [0.25, 0.3) is 0 Å².